The lowest BCUT2D eigenvalue weighted by Gasteiger charge is -2.20. The molecular weight excluding hydrogens is 238 g/mol. The number of nitrogens with two attached hydrogens (primary N) is 1. The molecule has 1 unspecified atom stereocenters. The van der Waals surface area contributed by atoms with E-state index in [2.05, 4.69) is 27.2 Å². The first-order valence-corrected chi connectivity index (χ1v) is 7.34. The topological polar surface area (TPSA) is 79.1 Å². The molecule has 106 valence electrons. The highest BCUT2D eigenvalue weighted by Crippen LogP contribution is 2.23. The van der Waals surface area contributed by atoms with Crippen LogP contribution >= 0.6 is 0 Å². The number of aliphatic imine (C=N–C) groups is 1. The van der Waals surface area contributed by atoms with Crippen molar-refractivity contribution >= 4 is 5.96 Å². The Hall–Kier alpha value is -1.52. The van der Waals surface area contributed by atoms with Crippen molar-refractivity contribution in [3.8, 4) is 0 Å². The largest absolute Gasteiger partial charge is 0.370 e. The lowest BCUT2D eigenvalue weighted by atomic mass is 9.89. The first-order chi connectivity index (χ1) is 9.29. The third-order valence-electron chi connectivity index (χ3n) is 3.87. The number of guanidine groups is 1. The third kappa shape index (κ3) is 4.26. The van der Waals surface area contributed by atoms with E-state index in [1.54, 1.807) is 6.33 Å². The van der Waals surface area contributed by atoms with Gasteiger partial charge in [0.05, 0.1) is 24.3 Å². The summed E-state index contributed by atoms with van der Waals surface area (Å²) in [5, 5.41) is 3.27. The molecule has 1 fully saturated rings. The molecule has 1 atom stereocenters. The lowest BCUT2D eigenvalue weighted by molar-refractivity contribution is 0.366. The summed E-state index contributed by atoms with van der Waals surface area (Å²) in [6.07, 6.45) is 11.1. The van der Waals surface area contributed by atoms with Crippen LogP contribution in [-0.2, 0) is 0 Å². The van der Waals surface area contributed by atoms with E-state index < -0.39 is 0 Å². The molecule has 1 aromatic heterocycles. The van der Waals surface area contributed by atoms with Crippen LogP contribution in [0, 0.1) is 5.92 Å². The molecule has 1 aromatic rings. The van der Waals surface area contributed by atoms with Crippen LogP contribution in [0.15, 0.2) is 17.5 Å². The van der Waals surface area contributed by atoms with Crippen molar-refractivity contribution < 1.29 is 0 Å². The van der Waals surface area contributed by atoms with Gasteiger partial charge in [-0.15, -0.1) is 0 Å². The zero-order valence-corrected chi connectivity index (χ0v) is 11.7. The number of aromatic amines is 1. The molecule has 19 heavy (non-hydrogen) atoms. The average Bonchev–Trinajstić information content (AvgIpc) is 2.97. The van der Waals surface area contributed by atoms with E-state index in [9.17, 15) is 0 Å². The van der Waals surface area contributed by atoms with Crippen LogP contribution < -0.4 is 11.1 Å². The van der Waals surface area contributed by atoms with Gasteiger partial charge in [-0.2, -0.15) is 0 Å². The Bertz CT molecular complexity index is 379. The van der Waals surface area contributed by atoms with Gasteiger partial charge < -0.3 is 16.0 Å². The molecule has 0 aliphatic heterocycles. The summed E-state index contributed by atoms with van der Waals surface area (Å²) in [7, 11) is 0. The number of hydrogen-bond donors (Lipinski definition) is 3. The van der Waals surface area contributed by atoms with Crippen LogP contribution in [0.4, 0.5) is 0 Å². The van der Waals surface area contributed by atoms with Crippen LogP contribution in [0.3, 0.4) is 0 Å². The number of nitrogens with one attached hydrogen (secondary N) is 2. The summed E-state index contributed by atoms with van der Waals surface area (Å²) >= 11 is 0. The molecule has 5 heteroatoms. The number of hydrogen-bond acceptors (Lipinski definition) is 2. The molecule has 0 bridgehead atoms. The molecule has 0 amide bonds. The zero-order chi connectivity index (χ0) is 13.5. The SMILES string of the molecule is CCC(NC(N)=NCC1CCCCC1)c1cnc[nH]1. The van der Waals surface area contributed by atoms with Gasteiger partial charge in [0, 0.05) is 6.54 Å². The minimum absolute atomic E-state index is 0.164. The van der Waals surface area contributed by atoms with Crippen molar-refractivity contribution in [3.05, 3.63) is 18.2 Å². The van der Waals surface area contributed by atoms with Crippen LogP contribution in [0.5, 0.6) is 0 Å². The number of aromatic nitrogens is 2. The van der Waals surface area contributed by atoms with Gasteiger partial charge in [-0.3, -0.25) is 4.99 Å². The van der Waals surface area contributed by atoms with Gasteiger partial charge >= 0.3 is 0 Å². The fourth-order valence-electron chi connectivity index (χ4n) is 2.68. The Balaban J connectivity index is 1.82. The molecule has 0 radical (unpaired) electrons. The third-order valence-corrected chi connectivity index (χ3v) is 3.87. The van der Waals surface area contributed by atoms with Crippen LogP contribution in [0.2, 0.25) is 0 Å². The molecule has 2 rings (SSSR count). The molecule has 1 aliphatic rings. The van der Waals surface area contributed by atoms with Crippen molar-refractivity contribution in [1.29, 1.82) is 0 Å². The van der Waals surface area contributed by atoms with Crippen molar-refractivity contribution in [2.75, 3.05) is 6.54 Å². The Morgan fingerprint density at radius 1 is 1.53 bits per heavy atom. The predicted molar refractivity (Wildman–Crippen MR) is 77.8 cm³/mol. The highest BCUT2D eigenvalue weighted by Gasteiger charge is 2.14. The molecule has 5 nitrogen and oxygen atoms in total. The summed E-state index contributed by atoms with van der Waals surface area (Å²) in [5.41, 5.74) is 7.03. The number of rotatable bonds is 5. The van der Waals surface area contributed by atoms with Gasteiger partial charge in [-0.1, -0.05) is 26.2 Å². The highest BCUT2D eigenvalue weighted by atomic mass is 15.1. The number of H-pyrrole nitrogens is 1. The summed E-state index contributed by atoms with van der Waals surface area (Å²) in [6.45, 7) is 2.98. The normalized spacial score (nSPS) is 19.3. The Kier molecular flexibility index (Phi) is 5.24. The first-order valence-electron chi connectivity index (χ1n) is 7.34. The zero-order valence-electron chi connectivity index (χ0n) is 11.7. The molecule has 4 N–H and O–H groups in total. The fraction of sp³-hybridized carbons (Fsp3) is 0.714. The van der Waals surface area contributed by atoms with E-state index in [-0.39, 0.29) is 6.04 Å². The smallest absolute Gasteiger partial charge is 0.189 e. The average molecular weight is 263 g/mol. The Morgan fingerprint density at radius 3 is 2.95 bits per heavy atom. The van der Waals surface area contributed by atoms with Gasteiger partial charge in [0.1, 0.15) is 0 Å². The van der Waals surface area contributed by atoms with E-state index in [4.69, 9.17) is 5.73 Å². The first kappa shape index (κ1) is 13.9. The minimum Gasteiger partial charge on any atom is -0.370 e. The summed E-state index contributed by atoms with van der Waals surface area (Å²) in [5.74, 6) is 1.27. The van der Waals surface area contributed by atoms with Crippen LogP contribution in [0.1, 0.15) is 57.2 Å². The van der Waals surface area contributed by atoms with Crippen LogP contribution in [-0.4, -0.2) is 22.5 Å². The van der Waals surface area contributed by atoms with Gasteiger partial charge in [0.15, 0.2) is 5.96 Å². The number of nitrogens with zero attached hydrogens (tertiary/aromatic N) is 2. The molecule has 0 aromatic carbocycles. The van der Waals surface area contributed by atoms with E-state index in [0.717, 1.165) is 24.6 Å². The summed E-state index contributed by atoms with van der Waals surface area (Å²) in [4.78, 5) is 11.7. The molecule has 1 heterocycles. The Morgan fingerprint density at radius 2 is 2.32 bits per heavy atom. The van der Waals surface area contributed by atoms with Crippen molar-refractivity contribution in [1.82, 2.24) is 15.3 Å². The lowest BCUT2D eigenvalue weighted by Crippen LogP contribution is -2.35. The molecule has 1 saturated carbocycles. The van der Waals surface area contributed by atoms with E-state index >= 15 is 0 Å². The maximum Gasteiger partial charge on any atom is 0.189 e. The quantitative estimate of drug-likeness (QED) is 0.563. The van der Waals surface area contributed by atoms with Crippen LogP contribution in [0.25, 0.3) is 0 Å². The molecular formula is C14H25N5. The fourth-order valence-corrected chi connectivity index (χ4v) is 2.68. The molecule has 0 saturated heterocycles. The Labute approximate surface area is 115 Å². The highest BCUT2D eigenvalue weighted by molar-refractivity contribution is 5.78. The van der Waals surface area contributed by atoms with Crippen molar-refractivity contribution in [3.63, 3.8) is 0 Å². The molecule has 1 aliphatic carbocycles. The second-order valence-corrected chi connectivity index (χ2v) is 5.34. The van der Waals surface area contributed by atoms with Crippen molar-refractivity contribution in [2.45, 2.75) is 51.5 Å². The summed E-state index contributed by atoms with van der Waals surface area (Å²) < 4.78 is 0. The monoisotopic (exact) mass is 263 g/mol. The standard InChI is InChI=1S/C14H25N5/c1-2-12(13-9-16-10-18-13)19-14(15)17-8-11-6-4-3-5-7-11/h9-12H,2-8H2,1H3,(H,16,18)(H3,15,17,19). The maximum absolute atomic E-state index is 5.98. The minimum atomic E-state index is 0.164. The second kappa shape index (κ2) is 7.16. The van der Waals surface area contributed by atoms with Crippen molar-refractivity contribution in [2.24, 2.45) is 16.6 Å². The predicted octanol–water partition coefficient (Wildman–Crippen LogP) is 2.35. The molecule has 0 spiro atoms. The van der Waals surface area contributed by atoms with Gasteiger partial charge in [-0.05, 0) is 25.2 Å². The maximum atomic E-state index is 5.98. The van der Waals surface area contributed by atoms with E-state index in [1.807, 2.05) is 6.20 Å². The van der Waals surface area contributed by atoms with E-state index in [0.29, 0.717) is 5.96 Å². The van der Waals surface area contributed by atoms with Gasteiger partial charge in [0.25, 0.3) is 0 Å². The second-order valence-electron chi connectivity index (χ2n) is 5.34. The van der Waals surface area contributed by atoms with Gasteiger partial charge in [-0.25, -0.2) is 4.98 Å². The van der Waals surface area contributed by atoms with E-state index in [1.165, 1.54) is 32.1 Å². The number of imidazole rings is 1. The van der Waals surface area contributed by atoms with Gasteiger partial charge in [0.2, 0.25) is 0 Å². The summed E-state index contributed by atoms with van der Waals surface area (Å²) in [6, 6.07) is 0.164.